The molecule has 6 heteroatoms. The predicted molar refractivity (Wildman–Crippen MR) is 106 cm³/mol. The second-order valence-corrected chi connectivity index (χ2v) is 7.12. The highest BCUT2D eigenvalue weighted by atomic mass is 16.5. The lowest BCUT2D eigenvalue weighted by Gasteiger charge is -2.27. The largest absolute Gasteiger partial charge is 0.385 e. The molecule has 0 saturated carbocycles. The minimum Gasteiger partial charge on any atom is -0.385 e. The Labute approximate surface area is 161 Å². The first kappa shape index (κ1) is 19.6. The van der Waals surface area contributed by atoms with Crippen molar-refractivity contribution in [3.63, 3.8) is 0 Å². The van der Waals surface area contributed by atoms with Crippen LogP contribution >= 0.6 is 0 Å². The molecule has 0 bridgehead atoms. The maximum Gasteiger partial charge on any atom is 0.272 e. The molecular weight excluding hydrogens is 340 g/mol. The average molecular weight is 370 g/mol. The van der Waals surface area contributed by atoms with Crippen molar-refractivity contribution in [1.82, 2.24) is 20.0 Å². The summed E-state index contributed by atoms with van der Waals surface area (Å²) in [6, 6.07) is 10.6. The van der Waals surface area contributed by atoms with E-state index in [2.05, 4.69) is 45.6 Å². The quantitative estimate of drug-likeness (QED) is 0.688. The van der Waals surface area contributed by atoms with Gasteiger partial charge in [0.15, 0.2) is 5.69 Å². The van der Waals surface area contributed by atoms with Gasteiger partial charge in [0.25, 0.3) is 5.91 Å². The number of rotatable bonds is 9. The van der Waals surface area contributed by atoms with E-state index in [1.807, 2.05) is 11.7 Å². The summed E-state index contributed by atoms with van der Waals surface area (Å²) in [4.78, 5) is 15.0. The van der Waals surface area contributed by atoms with Crippen LogP contribution in [-0.2, 0) is 31.2 Å². The smallest absolute Gasteiger partial charge is 0.272 e. The molecule has 3 rings (SSSR count). The molecule has 0 radical (unpaired) electrons. The molecule has 0 atom stereocenters. The van der Waals surface area contributed by atoms with E-state index in [-0.39, 0.29) is 5.91 Å². The van der Waals surface area contributed by atoms with E-state index in [0.29, 0.717) is 18.8 Å². The molecule has 146 valence electrons. The number of carbonyl (C=O) groups is 1. The van der Waals surface area contributed by atoms with Gasteiger partial charge in [-0.1, -0.05) is 30.3 Å². The van der Waals surface area contributed by atoms with Gasteiger partial charge < -0.3 is 10.1 Å². The van der Waals surface area contributed by atoms with E-state index in [0.717, 1.165) is 50.9 Å². The molecule has 6 nitrogen and oxygen atoms in total. The van der Waals surface area contributed by atoms with Crippen molar-refractivity contribution in [2.24, 2.45) is 7.05 Å². The standard InChI is InChI=1S/C21H30N4O2/c1-24-19-11-14-25(13-6-10-17-8-4-3-5-9-17)16-18(19)20(23-24)21(26)22-12-7-15-27-2/h3-5,8-9H,6-7,10-16H2,1-2H3,(H,22,26). The van der Waals surface area contributed by atoms with Crippen LogP contribution in [0.3, 0.4) is 0 Å². The molecule has 1 N–H and O–H groups in total. The fourth-order valence-corrected chi connectivity index (χ4v) is 3.68. The number of amides is 1. The first-order valence-corrected chi connectivity index (χ1v) is 9.77. The summed E-state index contributed by atoms with van der Waals surface area (Å²) < 4.78 is 6.91. The molecule has 27 heavy (non-hydrogen) atoms. The van der Waals surface area contributed by atoms with E-state index >= 15 is 0 Å². The van der Waals surface area contributed by atoms with Gasteiger partial charge in [0.2, 0.25) is 0 Å². The number of fused-ring (bicyclic) bond motifs is 1. The predicted octanol–water partition coefficient (Wildman–Crippen LogP) is 2.18. The highest BCUT2D eigenvalue weighted by Gasteiger charge is 2.26. The fraction of sp³-hybridized carbons (Fsp3) is 0.524. The third-order valence-corrected chi connectivity index (χ3v) is 5.13. The Bertz CT molecular complexity index is 742. The molecule has 1 aliphatic rings. The summed E-state index contributed by atoms with van der Waals surface area (Å²) in [6.45, 7) is 4.13. The molecule has 0 unspecified atom stereocenters. The third kappa shape index (κ3) is 5.17. The molecule has 1 amide bonds. The Hall–Kier alpha value is -2.18. The van der Waals surface area contributed by atoms with Crippen LogP contribution in [0.2, 0.25) is 0 Å². The number of aryl methyl sites for hydroxylation is 2. The second-order valence-electron chi connectivity index (χ2n) is 7.12. The van der Waals surface area contributed by atoms with Crippen molar-refractivity contribution >= 4 is 5.91 Å². The number of hydrogen-bond acceptors (Lipinski definition) is 4. The highest BCUT2D eigenvalue weighted by Crippen LogP contribution is 2.22. The average Bonchev–Trinajstić information content (AvgIpc) is 3.02. The summed E-state index contributed by atoms with van der Waals surface area (Å²) in [5.41, 5.74) is 4.24. The number of nitrogens with zero attached hydrogens (tertiary/aromatic N) is 3. The summed E-state index contributed by atoms with van der Waals surface area (Å²) in [7, 11) is 3.61. The summed E-state index contributed by atoms with van der Waals surface area (Å²) >= 11 is 0. The Kier molecular flexibility index (Phi) is 7.01. The van der Waals surface area contributed by atoms with Gasteiger partial charge in [-0.15, -0.1) is 0 Å². The molecule has 0 fully saturated rings. The number of aromatic nitrogens is 2. The topological polar surface area (TPSA) is 59.4 Å². The maximum absolute atomic E-state index is 12.6. The van der Waals surface area contributed by atoms with E-state index in [4.69, 9.17) is 4.74 Å². The molecule has 2 aromatic rings. The van der Waals surface area contributed by atoms with Crippen molar-refractivity contribution in [3.05, 3.63) is 52.8 Å². The zero-order valence-corrected chi connectivity index (χ0v) is 16.4. The van der Waals surface area contributed by atoms with Gasteiger partial charge in [-0.05, 0) is 31.4 Å². The van der Waals surface area contributed by atoms with Gasteiger partial charge in [-0.25, -0.2) is 0 Å². The molecule has 2 heterocycles. The SMILES string of the molecule is COCCCNC(=O)c1nn(C)c2c1CN(CCCc1ccccc1)CC2. The number of nitrogens with one attached hydrogen (secondary N) is 1. The van der Waals surface area contributed by atoms with Crippen LogP contribution in [-0.4, -0.2) is 53.9 Å². The molecule has 0 saturated heterocycles. The number of benzene rings is 1. The maximum atomic E-state index is 12.6. The van der Waals surface area contributed by atoms with Crippen molar-refractivity contribution < 1.29 is 9.53 Å². The lowest BCUT2D eigenvalue weighted by Crippen LogP contribution is -2.33. The number of ether oxygens (including phenoxy) is 1. The zero-order valence-electron chi connectivity index (χ0n) is 16.4. The number of hydrogen-bond donors (Lipinski definition) is 1. The third-order valence-electron chi connectivity index (χ3n) is 5.13. The van der Waals surface area contributed by atoms with Gasteiger partial charge >= 0.3 is 0 Å². The minimum atomic E-state index is -0.0749. The summed E-state index contributed by atoms with van der Waals surface area (Å²) in [6.07, 6.45) is 3.96. The van der Waals surface area contributed by atoms with Crippen LogP contribution in [0, 0.1) is 0 Å². The molecule has 0 aliphatic carbocycles. The van der Waals surface area contributed by atoms with Crippen molar-refractivity contribution in [2.75, 3.05) is 33.4 Å². The Balaban J connectivity index is 1.56. The lowest BCUT2D eigenvalue weighted by molar-refractivity contribution is 0.0940. The van der Waals surface area contributed by atoms with E-state index < -0.39 is 0 Å². The molecular formula is C21H30N4O2. The lowest BCUT2D eigenvalue weighted by atomic mass is 10.0. The molecule has 0 spiro atoms. The van der Waals surface area contributed by atoms with E-state index in [1.54, 1.807) is 7.11 Å². The van der Waals surface area contributed by atoms with E-state index in [9.17, 15) is 4.79 Å². The van der Waals surface area contributed by atoms with Crippen LogP contribution in [0.25, 0.3) is 0 Å². The molecule has 1 aliphatic heterocycles. The summed E-state index contributed by atoms with van der Waals surface area (Å²) in [5.74, 6) is -0.0749. The second kappa shape index (κ2) is 9.67. The van der Waals surface area contributed by atoms with Crippen LogP contribution in [0.1, 0.15) is 40.2 Å². The van der Waals surface area contributed by atoms with Gasteiger partial charge in [0.05, 0.1) is 0 Å². The van der Waals surface area contributed by atoms with Gasteiger partial charge in [0, 0.05) is 58.1 Å². The minimum absolute atomic E-state index is 0.0749. The number of methoxy groups -OCH3 is 1. The normalized spacial score (nSPS) is 14.1. The molecule has 1 aromatic heterocycles. The highest BCUT2D eigenvalue weighted by molar-refractivity contribution is 5.94. The Morgan fingerprint density at radius 2 is 2.07 bits per heavy atom. The first-order valence-electron chi connectivity index (χ1n) is 9.77. The van der Waals surface area contributed by atoms with Crippen LogP contribution in [0.5, 0.6) is 0 Å². The molecule has 1 aromatic carbocycles. The summed E-state index contributed by atoms with van der Waals surface area (Å²) in [5, 5.41) is 7.46. The van der Waals surface area contributed by atoms with Gasteiger partial charge in [-0.2, -0.15) is 5.10 Å². The van der Waals surface area contributed by atoms with Crippen molar-refractivity contribution in [1.29, 1.82) is 0 Å². The van der Waals surface area contributed by atoms with E-state index in [1.165, 1.54) is 11.3 Å². The monoisotopic (exact) mass is 370 g/mol. The van der Waals surface area contributed by atoms with Crippen LogP contribution in [0.15, 0.2) is 30.3 Å². The Morgan fingerprint density at radius 1 is 1.26 bits per heavy atom. The fourth-order valence-electron chi connectivity index (χ4n) is 3.68. The Morgan fingerprint density at radius 3 is 2.85 bits per heavy atom. The first-order chi connectivity index (χ1) is 13.2. The van der Waals surface area contributed by atoms with Gasteiger partial charge in [0.1, 0.15) is 0 Å². The zero-order chi connectivity index (χ0) is 19.1. The van der Waals surface area contributed by atoms with Crippen LogP contribution < -0.4 is 5.32 Å². The van der Waals surface area contributed by atoms with Crippen molar-refractivity contribution in [3.8, 4) is 0 Å². The van der Waals surface area contributed by atoms with Crippen molar-refractivity contribution in [2.45, 2.75) is 32.2 Å². The van der Waals surface area contributed by atoms with Crippen LogP contribution in [0.4, 0.5) is 0 Å². The van der Waals surface area contributed by atoms with Gasteiger partial charge in [-0.3, -0.25) is 14.4 Å². The number of carbonyl (C=O) groups excluding carboxylic acids is 1.